The second-order valence-electron chi connectivity index (χ2n) is 4.75. The van der Waals surface area contributed by atoms with E-state index in [4.69, 9.17) is 4.74 Å². The second-order valence-corrected chi connectivity index (χ2v) is 7.36. The van der Waals surface area contributed by atoms with Crippen LogP contribution in [0.15, 0.2) is 59.1 Å². The van der Waals surface area contributed by atoms with Gasteiger partial charge in [-0.15, -0.1) is 0 Å². The molecule has 122 valence electrons. The molecule has 0 heterocycles. The van der Waals surface area contributed by atoms with Crippen LogP contribution in [0, 0.1) is 0 Å². The summed E-state index contributed by atoms with van der Waals surface area (Å²) < 4.78 is 17.3. The maximum Gasteiger partial charge on any atom is 0.408 e. The van der Waals surface area contributed by atoms with E-state index < -0.39 is 19.5 Å². The van der Waals surface area contributed by atoms with E-state index in [1.807, 2.05) is 6.07 Å². The molecule has 0 bridgehead atoms. The van der Waals surface area contributed by atoms with E-state index in [9.17, 15) is 19.1 Å². The summed E-state index contributed by atoms with van der Waals surface area (Å²) in [5.74, 6) is -1.47. The van der Waals surface area contributed by atoms with Crippen molar-refractivity contribution in [2.24, 2.45) is 0 Å². The molecule has 1 amide bonds. The summed E-state index contributed by atoms with van der Waals surface area (Å²) in [6, 6.07) is 15.4. The molecule has 6 nitrogen and oxygen atoms in total. The lowest BCUT2D eigenvalue weighted by Crippen LogP contribution is -2.29. The number of rotatable bonds is 5. The van der Waals surface area contributed by atoms with Gasteiger partial charge in [-0.3, -0.25) is 4.57 Å². The molecule has 1 atom stereocenters. The Kier molecular flexibility index (Phi) is 5.96. The zero-order chi connectivity index (χ0) is 16.9. The first kappa shape index (κ1) is 17.7. The molecule has 0 spiro atoms. The molecular formula is C15H15BrNO5P. The topological polar surface area (TPSA) is 95.9 Å². The lowest BCUT2D eigenvalue weighted by Gasteiger charge is -2.20. The number of halogens is 1. The predicted molar refractivity (Wildman–Crippen MR) is 88.7 cm³/mol. The number of carbonyl (C=O) groups is 1. The average Bonchev–Trinajstić information content (AvgIpc) is 2.50. The van der Waals surface area contributed by atoms with Gasteiger partial charge in [-0.1, -0.05) is 58.4 Å². The third-order valence-corrected chi connectivity index (χ3v) is 4.56. The molecule has 2 aromatic carbocycles. The van der Waals surface area contributed by atoms with Crippen LogP contribution < -0.4 is 5.32 Å². The first-order valence-electron chi connectivity index (χ1n) is 6.64. The average molecular weight is 400 g/mol. The van der Waals surface area contributed by atoms with E-state index in [2.05, 4.69) is 21.2 Å². The smallest absolute Gasteiger partial charge is 0.408 e. The Morgan fingerprint density at radius 1 is 1.17 bits per heavy atom. The van der Waals surface area contributed by atoms with E-state index in [0.29, 0.717) is 4.47 Å². The quantitative estimate of drug-likeness (QED) is 0.668. The molecule has 0 aromatic heterocycles. The highest BCUT2D eigenvalue weighted by molar-refractivity contribution is 9.10. The highest BCUT2D eigenvalue weighted by Gasteiger charge is 2.32. The van der Waals surface area contributed by atoms with Crippen LogP contribution in [-0.2, 0) is 15.9 Å². The van der Waals surface area contributed by atoms with Crippen molar-refractivity contribution in [2.45, 2.75) is 12.4 Å². The van der Waals surface area contributed by atoms with Gasteiger partial charge in [-0.25, -0.2) is 4.79 Å². The maximum atomic E-state index is 11.8. The first-order chi connectivity index (χ1) is 10.9. The highest BCUT2D eigenvalue weighted by Crippen LogP contribution is 2.50. The van der Waals surface area contributed by atoms with Crippen molar-refractivity contribution < 1.29 is 23.9 Å². The molecule has 2 rings (SSSR count). The largest absolute Gasteiger partial charge is 0.445 e. The number of alkyl carbamates (subject to hydrolysis) is 1. The van der Waals surface area contributed by atoms with Crippen molar-refractivity contribution in [1.29, 1.82) is 0 Å². The third kappa shape index (κ3) is 5.48. The van der Waals surface area contributed by atoms with Gasteiger partial charge in [0.25, 0.3) is 0 Å². The number of hydrogen-bond donors (Lipinski definition) is 3. The Bertz CT molecular complexity index is 719. The summed E-state index contributed by atoms with van der Waals surface area (Å²) in [4.78, 5) is 30.8. The van der Waals surface area contributed by atoms with Gasteiger partial charge < -0.3 is 19.8 Å². The first-order valence-corrected chi connectivity index (χ1v) is 9.11. The third-order valence-electron chi connectivity index (χ3n) is 2.97. The van der Waals surface area contributed by atoms with Gasteiger partial charge in [0.05, 0.1) is 0 Å². The van der Waals surface area contributed by atoms with Gasteiger partial charge in [-0.05, 0) is 23.3 Å². The minimum absolute atomic E-state index is 0.0129. The van der Waals surface area contributed by atoms with Gasteiger partial charge in [0.2, 0.25) is 0 Å². The van der Waals surface area contributed by atoms with Crippen LogP contribution in [0.4, 0.5) is 4.79 Å². The SMILES string of the molecule is O=C(NC(c1cccc(Br)c1)P(=O)(O)O)OCc1ccccc1. The molecular weight excluding hydrogens is 385 g/mol. The molecule has 23 heavy (non-hydrogen) atoms. The standard InChI is InChI=1S/C15H15BrNO5P/c16-13-8-4-7-12(9-13)14(23(19,20)21)17-15(18)22-10-11-5-2-1-3-6-11/h1-9,14H,10H2,(H,17,18)(H2,19,20,21). The lowest BCUT2D eigenvalue weighted by molar-refractivity contribution is 0.137. The number of nitrogens with one attached hydrogen (secondary N) is 1. The van der Waals surface area contributed by atoms with E-state index in [0.717, 1.165) is 5.56 Å². The molecule has 0 radical (unpaired) electrons. The van der Waals surface area contributed by atoms with Crippen LogP contribution in [0.2, 0.25) is 0 Å². The lowest BCUT2D eigenvalue weighted by atomic mass is 10.2. The van der Waals surface area contributed by atoms with Crippen LogP contribution in [0.5, 0.6) is 0 Å². The van der Waals surface area contributed by atoms with Crippen LogP contribution in [-0.4, -0.2) is 15.9 Å². The predicted octanol–water partition coefficient (Wildman–Crippen LogP) is 3.55. The minimum atomic E-state index is -4.60. The normalized spacial score (nSPS) is 12.5. The number of ether oxygens (including phenoxy) is 1. The van der Waals surface area contributed by atoms with Gasteiger partial charge in [0.15, 0.2) is 5.78 Å². The molecule has 0 aliphatic rings. The molecule has 0 fully saturated rings. The van der Waals surface area contributed by atoms with Crippen molar-refractivity contribution in [3.05, 3.63) is 70.2 Å². The fraction of sp³-hybridized carbons (Fsp3) is 0.133. The summed E-state index contributed by atoms with van der Waals surface area (Å²) in [5.41, 5.74) is 1.06. The van der Waals surface area contributed by atoms with E-state index >= 15 is 0 Å². The van der Waals surface area contributed by atoms with E-state index in [1.165, 1.54) is 12.1 Å². The molecule has 0 aliphatic carbocycles. The second kappa shape index (κ2) is 7.75. The Labute approximate surface area is 141 Å². The van der Waals surface area contributed by atoms with Crippen LogP contribution in [0.3, 0.4) is 0 Å². The zero-order valence-electron chi connectivity index (χ0n) is 11.9. The van der Waals surface area contributed by atoms with Crippen LogP contribution >= 0.6 is 23.5 Å². The Balaban J connectivity index is 2.06. The molecule has 0 saturated carbocycles. The Morgan fingerprint density at radius 2 is 1.87 bits per heavy atom. The summed E-state index contributed by atoms with van der Waals surface area (Å²) in [6.45, 7) is 0.0129. The Morgan fingerprint density at radius 3 is 2.48 bits per heavy atom. The molecule has 0 saturated heterocycles. The monoisotopic (exact) mass is 399 g/mol. The van der Waals surface area contributed by atoms with Crippen molar-refractivity contribution >= 4 is 29.6 Å². The summed E-state index contributed by atoms with van der Waals surface area (Å²) in [6.07, 6.45) is -0.901. The van der Waals surface area contributed by atoms with Crippen LogP contribution in [0.25, 0.3) is 0 Å². The van der Waals surface area contributed by atoms with Crippen molar-refractivity contribution in [3.63, 3.8) is 0 Å². The van der Waals surface area contributed by atoms with Gasteiger partial charge in [-0.2, -0.15) is 0 Å². The summed E-state index contributed by atoms with van der Waals surface area (Å²) in [5, 5.41) is 2.23. The number of carbonyl (C=O) groups excluding carboxylic acids is 1. The van der Waals surface area contributed by atoms with E-state index in [-0.39, 0.29) is 12.2 Å². The van der Waals surface area contributed by atoms with Crippen molar-refractivity contribution in [2.75, 3.05) is 0 Å². The molecule has 0 aliphatic heterocycles. The highest BCUT2D eigenvalue weighted by atomic mass is 79.9. The molecule has 8 heteroatoms. The molecule has 1 unspecified atom stereocenters. The van der Waals surface area contributed by atoms with E-state index in [1.54, 1.807) is 36.4 Å². The van der Waals surface area contributed by atoms with Crippen molar-refractivity contribution in [1.82, 2.24) is 5.32 Å². The van der Waals surface area contributed by atoms with Crippen LogP contribution in [0.1, 0.15) is 16.9 Å². The maximum absolute atomic E-state index is 11.8. The fourth-order valence-electron chi connectivity index (χ4n) is 1.91. The molecule has 2 aromatic rings. The number of benzene rings is 2. The van der Waals surface area contributed by atoms with Gasteiger partial charge >= 0.3 is 13.7 Å². The summed E-state index contributed by atoms with van der Waals surface area (Å²) >= 11 is 3.23. The molecule has 3 N–H and O–H groups in total. The number of hydrogen-bond acceptors (Lipinski definition) is 3. The minimum Gasteiger partial charge on any atom is -0.445 e. The van der Waals surface area contributed by atoms with Gasteiger partial charge in [0.1, 0.15) is 6.61 Å². The Hall–Kier alpha value is -1.66. The van der Waals surface area contributed by atoms with Crippen molar-refractivity contribution in [3.8, 4) is 0 Å². The summed E-state index contributed by atoms with van der Waals surface area (Å²) in [7, 11) is -4.60. The van der Waals surface area contributed by atoms with Gasteiger partial charge in [0, 0.05) is 4.47 Å². The fourth-order valence-corrected chi connectivity index (χ4v) is 3.15. The zero-order valence-corrected chi connectivity index (χ0v) is 14.4. The number of amides is 1.